The average Bonchev–Trinajstić information content (AvgIpc) is 3.88. The molecule has 12 aromatic rings. The van der Waals surface area contributed by atoms with E-state index in [0.717, 1.165) is 88.1 Å². The fraction of sp³-hybridized carbons (Fsp3) is 0. The van der Waals surface area contributed by atoms with Gasteiger partial charge < -0.3 is 9.13 Å². The van der Waals surface area contributed by atoms with E-state index in [2.05, 4.69) is 132 Å². The number of fused-ring (bicyclic) bond motifs is 6. The van der Waals surface area contributed by atoms with Crippen LogP contribution in [-0.2, 0) is 0 Å². The lowest BCUT2D eigenvalue weighted by molar-refractivity contribution is 0.589. The Bertz CT molecular complexity index is 3670. The molecule has 10 aromatic carbocycles. The molecular weight excluding hydrogens is 813 g/mol. The summed E-state index contributed by atoms with van der Waals surface area (Å²) in [6, 6.07) is 76.7. The van der Waals surface area contributed by atoms with Crippen molar-refractivity contribution in [3.8, 4) is 73.1 Å². The quantitative estimate of drug-likeness (QED) is 0.157. The van der Waals surface area contributed by atoms with E-state index in [1.165, 1.54) is 18.2 Å². The van der Waals surface area contributed by atoms with Gasteiger partial charge in [-0.05, 0) is 117 Å². The normalized spacial score (nSPS) is 11.5. The van der Waals surface area contributed by atoms with Crippen molar-refractivity contribution in [1.29, 1.82) is 5.26 Å². The van der Waals surface area contributed by atoms with E-state index in [-0.39, 0.29) is 16.7 Å². The van der Waals surface area contributed by atoms with Crippen molar-refractivity contribution in [1.82, 2.24) is 9.13 Å². The van der Waals surface area contributed by atoms with Gasteiger partial charge in [-0.25, -0.2) is 8.78 Å². The molecule has 3 nitrogen and oxygen atoms in total. The molecule has 0 saturated heterocycles. The molecule has 0 amide bonds. The highest BCUT2D eigenvalue weighted by Gasteiger charge is 2.27. The van der Waals surface area contributed by atoms with Crippen LogP contribution < -0.4 is 0 Å². The molecule has 0 radical (unpaired) electrons. The first-order valence-electron chi connectivity index (χ1n) is 21.9. The van der Waals surface area contributed by atoms with Gasteiger partial charge in [-0.2, -0.15) is 5.26 Å². The van der Waals surface area contributed by atoms with E-state index in [1.807, 2.05) is 83.4 Å². The zero-order valence-corrected chi connectivity index (χ0v) is 35.5. The maximum Gasteiger partial charge on any atom is 0.134 e. The smallest absolute Gasteiger partial charge is 0.134 e. The summed E-state index contributed by atoms with van der Waals surface area (Å²) in [7, 11) is 0. The zero-order chi connectivity index (χ0) is 44.3. The Morgan fingerprint density at radius 1 is 0.333 bits per heavy atom. The van der Waals surface area contributed by atoms with E-state index in [1.54, 1.807) is 6.07 Å². The summed E-state index contributed by atoms with van der Waals surface area (Å²) in [5, 5.41) is 15.6. The molecule has 5 heteroatoms. The molecule has 2 aromatic heterocycles. The number of hydrogen-bond donors (Lipinski definition) is 0. The SMILES string of the molecule is N#Cc1c(-n2c3ccc(-c4ccccc4)cc3c3cc(-c4ccccc4)ccc32)ccc(-c2c(F)cccc2F)c1-n1c2ccc(-c3ccccc3)cc2c2cc(-c3ccccc3)ccc21. The second-order valence-corrected chi connectivity index (χ2v) is 16.6. The third-order valence-electron chi connectivity index (χ3n) is 12.9. The molecule has 0 fully saturated rings. The Morgan fingerprint density at radius 3 is 1.03 bits per heavy atom. The molecule has 0 aliphatic carbocycles. The van der Waals surface area contributed by atoms with E-state index in [0.29, 0.717) is 11.4 Å². The molecule has 0 unspecified atom stereocenters. The molecule has 310 valence electrons. The second-order valence-electron chi connectivity index (χ2n) is 16.6. The first kappa shape index (κ1) is 38.8. The van der Waals surface area contributed by atoms with E-state index in [9.17, 15) is 5.26 Å². The molecule has 0 bridgehead atoms. The first-order valence-corrected chi connectivity index (χ1v) is 21.9. The maximum absolute atomic E-state index is 16.3. The van der Waals surface area contributed by atoms with E-state index >= 15 is 8.78 Å². The minimum atomic E-state index is -0.717. The lowest BCUT2D eigenvalue weighted by atomic mass is 9.97. The van der Waals surface area contributed by atoms with Crippen LogP contribution in [-0.4, -0.2) is 9.13 Å². The summed E-state index contributed by atoms with van der Waals surface area (Å²) < 4.78 is 36.8. The number of rotatable bonds is 7. The van der Waals surface area contributed by atoms with Crippen LogP contribution in [0.25, 0.3) is 111 Å². The lowest BCUT2D eigenvalue weighted by Gasteiger charge is -2.20. The predicted molar refractivity (Wildman–Crippen MR) is 267 cm³/mol. The molecule has 2 heterocycles. The third kappa shape index (κ3) is 6.31. The minimum Gasteiger partial charge on any atom is -0.308 e. The van der Waals surface area contributed by atoms with Gasteiger partial charge in [0, 0.05) is 27.1 Å². The zero-order valence-electron chi connectivity index (χ0n) is 35.5. The second kappa shape index (κ2) is 15.7. The molecule has 0 aliphatic rings. The summed E-state index contributed by atoms with van der Waals surface area (Å²) >= 11 is 0. The highest BCUT2D eigenvalue weighted by atomic mass is 19.1. The van der Waals surface area contributed by atoms with Crippen LogP contribution >= 0.6 is 0 Å². The predicted octanol–water partition coefficient (Wildman–Crippen LogP) is 16.4. The van der Waals surface area contributed by atoms with Gasteiger partial charge in [0.1, 0.15) is 23.3 Å². The van der Waals surface area contributed by atoms with Crippen LogP contribution in [0.2, 0.25) is 0 Å². The highest BCUT2D eigenvalue weighted by Crippen LogP contribution is 2.45. The van der Waals surface area contributed by atoms with Crippen LogP contribution in [0.5, 0.6) is 0 Å². The average molecular weight is 850 g/mol. The number of benzene rings is 10. The van der Waals surface area contributed by atoms with Gasteiger partial charge in [-0.1, -0.05) is 152 Å². The van der Waals surface area contributed by atoms with Gasteiger partial charge >= 0.3 is 0 Å². The Balaban J connectivity index is 1.20. The van der Waals surface area contributed by atoms with Crippen LogP contribution in [0.15, 0.2) is 224 Å². The Kier molecular flexibility index (Phi) is 9.25. The van der Waals surface area contributed by atoms with Gasteiger partial charge in [-0.3, -0.25) is 0 Å². The van der Waals surface area contributed by atoms with Crippen molar-refractivity contribution in [2.45, 2.75) is 0 Å². The molecule has 12 rings (SSSR count). The van der Waals surface area contributed by atoms with Gasteiger partial charge in [0.25, 0.3) is 0 Å². The fourth-order valence-corrected chi connectivity index (χ4v) is 9.85. The van der Waals surface area contributed by atoms with Gasteiger partial charge in [0.15, 0.2) is 0 Å². The van der Waals surface area contributed by atoms with Gasteiger partial charge in [-0.15, -0.1) is 0 Å². The van der Waals surface area contributed by atoms with Crippen molar-refractivity contribution in [2.75, 3.05) is 0 Å². The number of aromatic nitrogens is 2. The fourth-order valence-electron chi connectivity index (χ4n) is 9.85. The Hall–Kier alpha value is -8.85. The van der Waals surface area contributed by atoms with Crippen molar-refractivity contribution in [2.24, 2.45) is 0 Å². The lowest BCUT2D eigenvalue weighted by Crippen LogP contribution is -2.07. The van der Waals surface area contributed by atoms with Crippen LogP contribution in [0.1, 0.15) is 5.56 Å². The Morgan fingerprint density at radius 2 is 0.682 bits per heavy atom. The maximum atomic E-state index is 16.3. The van der Waals surface area contributed by atoms with Gasteiger partial charge in [0.05, 0.1) is 39.0 Å². The molecule has 0 spiro atoms. The van der Waals surface area contributed by atoms with Gasteiger partial charge in [0.2, 0.25) is 0 Å². The first-order chi connectivity index (χ1) is 32.5. The molecule has 0 aliphatic heterocycles. The standard InChI is InChI=1S/C61H37F2N3/c62-53-22-13-23-54(63)60(53)47-28-33-59(65-55-29-24-43(39-14-5-1-6-15-39)34-48(55)49-35-44(25-30-56(49)65)40-16-7-2-8-17-40)52(38-64)61(47)66-57-31-26-45(41-18-9-3-10-19-41)36-50(57)51-37-46(27-32-58(51)66)42-20-11-4-12-21-42/h1-37H. The summed E-state index contributed by atoms with van der Waals surface area (Å²) in [5.74, 6) is -1.43. The topological polar surface area (TPSA) is 33.6 Å². The molecular formula is C61H37F2N3. The molecule has 0 N–H and O–H groups in total. The van der Waals surface area contributed by atoms with Crippen molar-refractivity contribution < 1.29 is 8.78 Å². The van der Waals surface area contributed by atoms with E-state index in [4.69, 9.17) is 0 Å². The van der Waals surface area contributed by atoms with Crippen molar-refractivity contribution >= 4 is 43.6 Å². The van der Waals surface area contributed by atoms with Crippen molar-refractivity contribution in [3.05, 3.63) is 242 Å². The number of halogens is 2. The number of nitrogens with zero attached hydrogens (tertiary/aromatic N) is 3. The highest BCUT2D eigenvalue weighted by molar-refractivity contribution is 6.14. The Labute approximate surface area is 379 Å². The monoisotopic (exact) mass is 849 g/mol. The summed E-state index contributed by atoms with van der Waals surface area (Å²) in [4.78, 5) is 0. The van der Waals surface area contributed by atoms with Crippen molar-refractivity contribution in [3.63, 3.8) is 0 Å². The van der Waals surface area contributed by atoms with Crippen LogP contribution in [0.3, 0.4) is 0 Å². The number of hydrogen-bond acceptors (Lipinski definition) is 1. The summed E-state index contributed by atoms with van der Waals surface area (Å²) in [6.45, 7) is 0. The third-order valence-corrected chi connectivity index (χ3v) is 12.9. The molecule has 0 saturated carbocycles. The summed E-state index contributed by atoms with van der Waals surface area (Å²) in [6.07, 6.45) is 0. The molecule has 0 atom stereocenters. The largest absolute Gasteiger partial charge is 0.308 e. The van der Waals surface area contributed by atoms with E-state index < -0.39 is 11.6 Å². The van der Waals surface area contributed by atoms with Crippen LogP contribution in [0, 0.1) is 23.0 Å². The summed E-state index contributed by atoms with van der Waals surface area (Å²) in [5.41, 5.74) is 13.2. The van der Waals surface area contributed by atoms with Crippen LogP contribution in [0.4, 0.5) is 8.78 Å². The number of nitriles is 1. The molecule has 66 heavy (non-hydrogen) atoms. The minimum absolute atomic E-state index is 0.199.